The Morgan fingerprint density at radius 3 is 2.86 bits per heavy atom. The van der Waals surface area contributed by atoms with Crippen LogP contribution in [-0.4, -0.2) is 63.7 Å². The number of fused-ring (bicyclic) bond motifs is 2. The van der Waals surface area contributed by atoms with E-state index in [2.05, 4.69) is 62.1 Å². The molecule has 194 valence electrons. The number of hydrogen-bond donors (Lipinski definition) is 2. The predicted molar refractivity (Wildman–Crippen MR) is 141 cm³/mol. The van der Waals surface area contributed by atoms with Gasteiger partial charge >= 0.3 is 0 Å². The summed E-state index contributed by atoms with van der Waals surface area (Å²) in [5, 5.41) is 12.3. The largest absolute Gasteiger partial charge is 0.338 e. The van der Waals surface area contributed by atoms with Crippen LogP contribution in [0.25, 0.3) is 0 Å². The number of H-pyrrole nitrogens is 1. The second-order valence-corrected chi connectivity index (χ2v) is 12.7. The first-order valence-electron chi connectivity index (χ1n) is 14.2. The van der Waals surface area contributed by atoms with Gasteiger partial charge in [-0.05, 0) is 89.2 Å². The van der Waals surface area contributed by atoms with Crippen molar-refractivity contribution in [2.24, 2.45) is 11.3 Å². The molecule has 1 amide bonds. The zero-order chi connectivity index (χ0) is 25.0. The molecule has 0 radical (unpaired) electrons. The van der Waals surface area contributed by atoms with Gasteiger partial charge in [0.1, 0.15) is 0 Å². The number of likely N-dealkylation sites (tertiary alicyclic amines) is 1. The van der Waals surface area contributed by atoms with Crippen molar-refractivity contribution >= 4 is 5.91 Å². The molecule has 2 saturated heterocycles. The topological polar surface area (TPSA) is 64.3 Å². The molecule has 2 aliphatic carbocycles. The van der Waals surface area contributed by atoms with E-state index < -0.39 is 0 Å². The Morgan fingerprint density at radius 1 is 1.31 bits per heavy atom. The van der Waals surface area contributed by atoms with Crippen molar-refractivity contribution in [2.75, 3.05) is 13.6 Å². The molecular weight excluding hydrogens is 434 g/mol. The number of aromatic nitrogens is 2. The molecule has 1 aromatic rings. The normalized spacial score (nSPS) is 38.1. The van der Waals surface area contributed by atoms with Crippen molar-refractivity contribution < 1.29 is 4.79 Å². The van der Waals surface area contributed by atoms with E-state index in [1.807, 2.05) is 11.9 Å². The fourth-order valence-electron chi connectivity index (χ4n) is 7.50. The van der Waals surface area contributed by atoms with E-state index in [4.69, 9.17) is 5.10 Å². The Kier molecular flexibility index (Phi) is 6.67. The minimum Gasteiger partial charge on any atom is -0.338 e. The maximum absolute atomic E-state index is 13.4. The van der Waals surface area contributed by atoms with E-state index in [0.717, 1.165) is 32.2 Å². The molecule has 0 aromatic carbocycles. The average molecular weight is 482 g/mol. The summed E-state index contributed by atoms with van der Waals surface area (Å²) in [6.07, 6.45) is 15.1. The van der Waals surface area contributed by atoms with Gasteiger partial charge in [-0.3, -0.25) is 14.8 Å². The lowest BCUT2D eigenvalue weighted by molar-refractivity contribution is -0.138. The molecule has 2 N–H and O–H groups in total. The third-order valence-electron chi connectivity index (χ3n) is 10.2. The molecule has 6 heteroatoms. The maximum Gasteiger partial charge on any atom is 0.239 e. The summed E-state index contributed by atoms with van der Waals surface area (Å²) in [6, 6.07) is 0.980. The molecule has 6 unspecified atom stereocenters. The van der Waals surface area contributed by atoms with Gasteiger partial charge in [-0.15, -0.1) is 0 Å². The number of carbonyl (C=O) groups is 1. The monoisotopic (exact) mass is 481 g/mol. The fourth-order valence-corrected chi connectivity index (χ4v) is 7.50. The highest BCUT2D eigenvalue weighted by Crippen LogP contribution is 2.45. The van der Waals surface area contributed by atoms with Crippen molar-refractivity contribution in [3.63, 3.8) is 0 Å². The van der Waals surface area contributed by atoms with Gasteiger partial charge < -0.3 is 10.2 Å². The van der Waals surface area contributed by atoms with Crippen molar-refractivity contribution in [3.8, 4) is 0 Å². The average Bonchev–Trinajstić information content (AvgIpc) is 3.43. The lowest BCUT2D eigenvalue weighted by Crippen LogP contribution is -2.54. The molecule has 35 heavy (non-hydrogen) atoms. The molecule has 2 fully saturated rings. The smallest absolute Gasteiger partial charge is 0.239 e. The van der Waals surface area contributed by atoms with E-state index in [9.17, 15) is 4.79 Å². The molecule has 0 bridgehead atoms. The molecule has 0 spiro atoms. The van der Waals surface area contributed by atoms with Gasteiger partial charge in [-0.1, -0.05) is 38.8 Å². The first-order valence-corrected chi connectivity index (χ1v) is 14.2. The SMILES string of the molecule is CCC1(C)CCc2c([C@@]3(C)CC4C=CC(N(C)C(=O)C(C)N5CCCCC5C)CC4N3)n[nH]c2C1. The highest BCUT2D eigenvalue weighted by atomic mass is 16.2. The third kappa shape index (κ3) is 4.50. The Bertz CT molecular complexity index is 970. The summed E-state index contributed by atoms with van der Waals surface area (Å²) < 4.78 is 0. The summed E-state index contributed by atoms with van der Waals surface area (Å²) in [4.78, 5) is 17.9. The van der Waals surface area contributed by atoms with Crippen molar-refractivity contribution in [3.05, 3.63) is 29.1 Å². The van der Waals surface area contributed by atoms with Crippen LogP contribution in [0.4, 0.5) is 0 Å². The Hall–Kier alpha value is -1.66. The number of aromatic amines is 1. The third-order valence-corrected chi connectivity index (χ3v) is 10.2. The van der Waals surface area contributed by atoms with Gasteiger partial charge in [-0.2, -0.15) is 5.10 Å². The molecule has 3 heterocycles. The first kappa shape index (κ1) is 25.0. The highest BCUT2D eigenvalue weighted by Gasteiger charge is 2.47. The van der Waals surface area contributed by atoms with Gasteiger partial charge in [0.15, 0.2) is 0 Å². The molecule has 5 rings (SSSR count). The Balaban J connectivity index is 1.26. The summed E-state index contributed by atoms with van der Waals surface area (Å²) in [7, 11) is 2.01. The zero-order valence-electron chi connectivity index (χ0n) is 22.9. The minimum absolute atomic E-state index is 0.0485. The predicted octanol–water partition coefficient (Wildman–Crippen LogP) is 4.56. The van der Waals surface area contributed by atoms with Crippen LogP contribution in [-0.2, 0) is 23.2 Å². The standard InChI is InChI=1S/C29H47N5O/c1-7-28(4)14-13-23-25(18-28)31-32-26(23)29(5)17-21-11-12-22(16-24(21)30-29)33(6)27(35)20(3)34-15-9-8-10-19(34)2/h11-12,19-22,24,30H,7-10,13-18H2,1-6H3,(H,31,32)/t19?,20?,21?,22?,24?,28?,29-/m1/s1. The van der Waals surface area contributed by atoms with Crippen LogP contribution >= 0.6 is 0 Å². The summed E-state index contributed by atoms with van der Waals surface area (Å²) in [6.45, 7) is 12.5. The van der Waals surface area contributed by atoms with Gasteiger partial charge in [-0.25, -0.2) is 0 Å². The van der Waals surface area contributed by atoms with Gasteiger partial charge in [0.2, 0.25) is 5.91 Å². The highest BCUT2D eigenvalue weighted by molar-refractivity contribution is 5.81. The van der Waals surface area contributed by atoms with Crippen LogP contribution < -0.4 is 5.32 Å². The van der Waals surface area contributed by atoms with Crippen LogP contribution in [0.15, 0.2) is 12.2 Å². The molecule has 1 aromatic heterocycles. The Labute approximate surface area is 212 Å². The molecule has 4 aliphatic rings. The second-order valence-electron chi connectivity index (χ2n) is 12.7. The number of amides is 1. The summed E-state index contributed by atoms with van der Waals surface area (Å²) >= 11 is 0. The lowest BCUT2D eigenvalue weighted by atomic mass is 9.72. The van der Waals surface area contributed by atoms with E-state index >= 15 is 0 Å². The van der Waals surface area contributed by atoms with Crippen molar-refractivity contribution in [2.45, 2.75) is 122 Å². The van der Waals surface area contributed by atoms with Gasteiger partial charge in [0.05, 0.1) is 23.3 Å². The summed E-state index contributed by atoms with van der Waals surface area (Å²) in [5.74, 6) is 0.754. The quantitative estimate of drug-likeness (QED) is 0.605. The number of nitrogens with one attached hydrogen (secondary N) is 2. The fraction of sp³-hybridized carbons (Fsp3) is 0.793. The molecule has 6 nitrogen and oxygen atoms in total. The van der Waals surface area contributed by atoms with E-state index in [0.29, 0.717) is 23.4 Å². The molecule has 0 saturated carbocycles. The van der Waals surface area contributed by atoms with E-state index in [-0.39, 0.29) is 23.5 Å². The number of carbonyl (C=O) groups excluding carboxylic acids is 1. The summed E-state index contributed by atoms with van der Waals surface area (Å²) in [5.41, 5.74) is 4.33. The van der Waals surface area contributed by atoms with Gasteiger partial charge in [0, 0.05) is 24.8 Å². The number of piperidine rings is 1. The molecule has 2 aliphatic heterocycles. The number of rotatable bonds is 5. The second kappa shape index (κ2) is 9.33. The number of hydrogen-bond acceptors (Lipinski definition) is 4. The van der Waals surface area contributed by atoms with Crippen LogP contribution in [0.3, 0.4) is 0 Å². The van der Waals surface area contributed by atoms with E-state index in [1.54, 1.807) is 0 Å². The maximum atomic E-state index is 13.4. The first-order chi connectivity index (χ1) is 16.6. The zero-order valence-corrected chi connectivity index (χ0v) is 22.9. The molecule has 7 atom stereocenters. The van der Waals surface area contributed by atoms with Crippen molar-refractivity contribution in [1.82, 2.24) is 25.3 Å². The minimum atomic E-state index is -0.113. The molecular formula is C29H47N5O. The van der Waals surface area contributed by atoms with Crippen molar-refractivity contribution in [1.29, 1.82) is 0 Å². The van der Waals surface area contributed by atoms with E-state index in [1.165, 1.54) is 49.1 Å². The van der Waals surface area contributed by atoms with Crippen LogP contribution in [0.5, 0.6) is 0 Å². The van der Waals surface area contributed by atoms with Gasteiger partial charge in [0.25, 0.3) is 0 Å². The van der Waals surface area contributed by atoms with Crippen LogP contribution in [0.2, 0.25) is 0 Å². The Morgan fingerprint density at radius 2 is 2.11 bits per heavy atom. The number of likely N-dealkylation sites (N-methyl/N-ethyl adjacent to an activating group) is 1. The van der Waals surface area contributed by atoms with Crippen LogP contribution in [0, 0.1) is 11.3 Å². The lowest BCUT2D eigenvalue weighted by Gasteiger charge is -2.40. The van der Waals surface area contributed by atoms with Crippen LogP contribution in [0.1, 0.15) is 96.5 Å². The number of nitrogens with zero attached hydrogens (tertiary/aromatic N) is 3.